The van der Waals surface area contributed by atoms with Crippen LogP contribution in [-0.4, -0.2) is 13.7 Å². The lowest BCUT2D eigenvalue weighted by molar-refractivity contribution is 0.601. The Morgan fingerprint density at radius 2 is 1.81 bits per heavy atom. The van der Waals surface area contributed by atoms with E-state index in [0.717, 1.165) is 29.3 Å². The quantitative estimate of drug-likeness (QED) is 0.780. The Morgan fingerprint density at radius 1 is 1.10 bits per heavy atom. The molecule has 5 heteroatoms. The molecule has 3 nitrogen and oxygen atoms in total. The van der Waals surface area contributed by atoms with E-state index in [4.69, 9.17) is 0 Å². The Hall–Kier alpha value is -1.33. The van der Waals surface area contributed by atoms with Gasteiger partial charge in [-0.2, -0.15) is 0 Å². The van der Waals surface area contributed by atoms with Crippen LogP contribution in [0.15, 0.2) is 53.4 Å². The fourth-order valence-corrected chi connectivity index (χ4v) is 3.32. The first-order valence-corrected chi connectivity index (χ1v) is 9.36. The standard InChI is InChI=1S/C16H18BrNO2S/c1-13-7-9-16(10-8-13)21(19,20)18-15-6-2-4-14(12-15)5-3-11-17/h2,4,6-10,12,18H,3,5,11H2,1H3. The summed E-state index contributed by atoms with van der Waals surface area (Å²) in [5.41, 5.74) is 2.76. The van der Waals surface area contributed by atoms with E-state index in [9.17, 15) is 8.42 Å². The molecule has 0 bridgehead atoms. The lowest BCUT2D eigenvalue weighted by Crippen LogP contribution is -2.13. The van der Waals surface area contributed by atoms with Crippen LogP contribution in [0.2, 0.25) is 0 Å². The molecule has 0 unspecified atom stereocenters. The zero-order chi connectivity index (χ0) is 15.3. The predicted molar refractivity (Wildman–Crippen MR) is 90.5 cm³/mol. The van der Waals surface area contributed by atoms with Gasteiger partial charge in [-0.3, -0.25) is 4.72 Å². The number of hydrogen-bond donors (Lipinski definition) is 1. The minimum absolute atomic E-state index is 0.277. The molecule has 21 heavy (non-hydrogen) atoms. The molecular formula is C16H18BrNO2S. The number of nitrogens with one attached hydrogen (secondary N) is 1. The van der Waals surface area contributed by atoms with E-state index in [1.54, 1.807) is 30.3 Å². The topological polar surface area (TPSA) is 46.2 Å². The van der Waals surface area contributed by atoms with Crippen LogP contribution in [-0.2, 0) is 16.4 Å². The van der Waals surface area contributed by atoms with E-state index >= 15 is 0 Å². The second kappa shape index (κ2) is 7.09. The third kappa shape index (κ3) is 4.58. The van der Waals surface area contributed by atoms with Crippen LogP contribution < -0.4 is 4.72 Å². The monoisotopic (exact) mass is 367 g/mol. The van der Waals surface area contributed by atoms with Gasteiger partial charge in [0.1, 0.15) is 0 Å². The highest BCUT2D eigenvalue weighted by atomic mass is 79.9. The Bertz CT molecular complexity index is 696. The first-order valence-electron chi connectivity index (χ1n) is 6.76. The van der Waals surface area contributed by atoms with Crippen molar-refractivity contribution < 1.29 is 8.42 Å². The van der Waals surface area contributed by atoms with Crippen molar-refractivity contribution in [2.45, 2.75) is 24.7 Å². The summed E-state index contributed by atoms with van der Waals surface area (Å²) < 4.78 is 27.3. The molecule has 112 valence electrons. The van der Waals surface area contributed by atoms with Gasteiger partial charge in [-0.1, -0.05) is 45.8 Å². The zero-order valence-electron chi connectivity index (χ0n) is 11.8. The third-order valence-electron chi connectivity index (χ3n) is 3.11. The first kappa shape index (κ1) is 16.0. The van der Waals surface area contributed by atoms with E-state index in [1.165, 1.54) is 0 Å². The van der Waals surface area contributed by atoms with Gasteiger partial charge < -0.3 is 0 Å². The van der Waals surface area contributed by atoms with Crippen LogP contribution in [0.1, 0.15) is 17.5 Å². The van der Waals surface area contributed by atoms with E-state index in [1.807, 2.05) is 25.1 Å². The van der Waals surface area contributed by atoms with Crippen molar-refractivity contribution in [2.24, 2.45) is 0 Å². The Kier molecular flexibility index (Phi) is 5.42. The lowest BCUT2D eigenvalue weighted by Gasteiger charge is -2.09. The molecule has 0 radical (unpaired) electrons. The van der Waals surface area contributed by atoms with E-state index in [-0.39, 0.29) is 4.90 Å². The minimum Gasteiger partial charge on any atom is -0.280 e. The second-order valence-corrected chi connectivity index (χ2v) is 7.39. The van der Waals surface area contributed by atoms with Gasteiger partial charge in [0.15, 0.2) is 0 Å². The smallest absolute Gasteiger partial charge is 0.261 e. The average molecular weight is 368 g/mol. The van der Waals surface area contributed by atoms with Gasteiger partial charge in [-0.25, -0.2) is 8.42 Å². The number of sulfonamides is 1. The molecule has 0 saturated carbocycles. The van der Waals surface area contributed by atoms with Crippen molar-refractivity contribution in [2.75, 3.05) is 10.1 Å². The second-order valence-electron chi connectivity index (χ2n) is 4.91. The molecule has 0 aliphatic carbocycles. The van der Waals surface area contributed by atoms with E-state index in [0.29, 0.717) is 5.69 Å². The van der Waals surface area contributed by atoms with Gasteiger partial charge in [0.25, 0.3) is 10.0 Å². The molecule has 0 aliphatic heterocycles. The summed E-state index contributed by atoms with van der Waals surface area (Å²) in [4.78, 5) is 0.277. The summed E-state index contributed by atoms with van der Waals surface area (Å²) in [6.45, 7) is 1.93. The Balaban J connectivity index is 2.18. The maximum Gasteiger partial charge on any atom is 0.261 e. The lowest BCUT2D eigenvalue weighted by atomic mass is 10.1. The van der Waals surface area contributed by atoms with Gasteiger partial charge in [-0.15, -0.1) is 0 Å². The Labute approximate surface area is 134 Å². The molecule has 0 spiro atoms. The maximum atomic E-state index is 12.3. The molecule has 0 saturated heterocycles. The molecule has 2 rings (SSSR count). The molecule has 1 N–H and O–H groups in total. The van der Waals surface area contributed by atoms with Crippen molar-refractivity contribution in [1.82, 2.24) is 0 Å². The summed E-state index contributed by atoms with van der Waals surface area (Å²) in [5, 5.41) is 0.937. The minimum atomic E-state index is -3.53. The van der Waals surface area contributed by atoms with Crippen molar-refractivity contribution in [3.63, 3.8) is 0 Å². The Morgan fingerprint density at radius 3 is 2.48 bits per heavy atom. The van der Waals surface area contributed by atoms with Crippen LogP contribution >= 0.6 is 15.9 Å². The third-order valence-corrected chi connectivity index (χ3v) is 5.07. The van der Waals surface area contributed by atoms with Crippen LogP contribution in [0.3, 0.4) is 0 Å². The van der Waals surface area contributed by atoms with Gasteiger partial charge in [-0.05, 0) is 49.6 Å². The van der Waals surface area contributed by atoms with Crippen molar-refractivity contribution >= 4 is 31.6 Å². The number of hydrogen-bond acceptors (Lipinski definition) is 2. The largest absolute Gasteiger partial charge is 0.280 e. The highest BCUT2D eigenvalue weighted by molar-refractivity contribution is 9.09. The summed E-state index contributed by atoms with van der Waals surface area (Å²) in [6.07, 6.45) is 1.94. The molecule has 0 amide bonds. The van der Waals surface area contributed by atoms with Gasteiger partial charge in [0.05, 0.1) is 4.90 Å². The van der Waals surface area contributed by atoms with Crippen LogP contribution in [0.5, 0.6) is 0 Å². The fraction of sp³-hybridized carbons (Fsp3) is 0.250. The van der Waals surface area contributed by atoms with Crippen molar-refractivity contribution in [1.29, 1.82) is 0 Å². The number of halogens is 1. The van der Waals surface area contributed by atoms with Crippen LogP contribution in [0.4, 0.5) is 5.69 Å². The fourth-order valence-electron chi connectivity index (χ4n) is 1.99. The molecule has 0 fully saturated rings. The molecule has 0 aromatic heterocycles. The first-order chi connectivity index (χ1) is 10.0. The molecule has 2 aromatic carbocycles. The molecular weight excluding hydrogens is 350 g/mol. The number of aryl methyl sites for hydroxylation is 2. The van der Waals surface area contributed by atoms with Gasteiger partial charge >= 0.3 is 0 Å². The highest BCUT2D eigenvalue weighted by Gasteiger charge is 2.13. The highest BCUT2D eigenvalue weighted by Crippen LogP contribution is 2.18. The van der Waals surface area contributed by atoms with Gasteiger partial charge in [0, 0.05) is 11.0 Å². The predicted octanol–water partition coefficient (Wildman–Crippen LogP) is 4.12. The van der Waals surface area contributed by atoms with E-state index in [2.05, 4.69) is 20.7 Å². The molecule has 0 heterocycles. The summed E-state index contributed by atoms with van der Waals surface area (Å²) in [5.74, 6) is 0. The number of alkyl halides is 1. The zero-order valence-corrected chi connectivity index (χ0v) is 14.2. The van der Waals surface area contributed by atoms with E-state index < -0.39 is 10.0 Å². The summed E-state index contributed by atoms with van der Waals surface area (Å²) in [7, 11) is -3.53. The van der Waals surface area contributed by atoms with Crippen LogP contribution in [0, 0.1) is 6.92 Å². The molecule has 2 aromatic rings. The summed E-state index contributed by atoms with van der Waals surface area (Å²) in [6, 6.07) is 14.3. The van der Waals surface area contributed by atoms with Crippen molar-refractivity contribution in [3.05, 3.63) is 59.7 Å². The number of rotatable bonds is 6. The number of benzene rings is 2. The number of anilines is 1. The molecule has 0 atom stereocenters. The average Bonchev–Trinajstić information content (AvgIpc) is 2.45. The molecule has 0 aliphatic rings. The SMILES string of the molecule is Cc1ccc(S(=O)(=O)Nc2cccc(CCCBr)c2)cc1. The maximum absolute atomic E-state index is 12.3. The summed E-state index contributed by atoms with van der Waals surface area (Å²) >= 11 is 3.40. The normalized spacial score (nSPS) is 11.3. The van der Waals surface area contributed by atoms with Crippen LogP contribution in [0.25, 0.3) is 0 Å². The van der Waals surface area contributed by atoms with Gasteiger partial charge in [0.2, 0.25) is 0 Å². The van der Waals surface area contributed by atoms with Crippen molar-refractivity contribution in [3.8, 4) is 0 Å².